The first-order valence-electron chi connectivity index (χ1n) is 5.42. The lowest BCUT2D eigenvalue weighted by atomic mass is 9.95. The van der Waals surface area contributed by atoms with Crippen molar-refractivity contribution in [2.24, 2.45) is 0 Å². The molecule has 16 heavy (non-hydrogen) atoms. The molecule has 0 bridgehead atoms. The third-order valence-electron chi connectivity index (χ3n) is 2.86. The number of hydrogen-bond acceptors (Lipinski definition) is 0. The maximum Gasteiger partial charge on any atom is 0.0178 e. The van der Waals surface area contributed by atoms with Crippen LogP contribution in [0.15, 0.2) is 40.9 Å². The van der Waals surface area contributed by atoms with Crippen LogP contribution in [0.4, 0.5) is 0 Å². The first kappa shape index (κ1) is 11.4. The molecule has 1 heteroatoms. The fourth-order valence-electron chi connectivity index (χ4n) is 2.05. The Morgan fingerprint density at radius 1 is 0.750 bits per heavy atom. The summed E-state index contributed by atoms with van der Waals surface area (Å²) < 4.78 is 1.14. The Hall–Kier alpha value is -1.08. The van der Waals surface area contributed by atoms with Crippen LogP contribution in [0.2, 0.25) is 0 Å². The molecule has 0 aliphatic heterocycles. The Bertz CT molecular complexity index is 477. The molecule has 0 unspecified atom stereocenters. The Kier molecular flexibility index (Phi) is 3.15. The highest BCUT2D eigenvalue weighted by Gasteiger charge is 2.05. The van der Waals surface area contributed by atoms with Crippen LogP contribution in [0.3, 0.4) is 0 Å². The third kappa shape index (κ3) is 2.19. The summed E-state index contributed by atoms with van der Waals surface area (Å²) in [6.07, 6.45) is 0. The van der Waals surface area contributed by atoms with E-state index in [9.17, 15) is 0 Å². The minimum absolute atomic E-state index is 1.14. The van der Waals surface area contributed by atoms with Gasteiger partial charge in [-0.2, -0.15) is 0 Å². The highest BCUT2D eigenvalue weighted by Crippen LogP contribution is 2.29. The average Bonchev–Trinajstić information content (AvgIpc) is 2.19. The Balaban J connectivity index is 2.59. The number of halogens is 1. The minimum atomic E-state index is 1.14. The van der Waals surface area contributed by atoms with Gasteiger partial charge in [0.2, 0.25) is 0 Å². The second kappa shape index (κ2) is 4.42. The minimum Gasteiger partial charge on any atom is -0.0587 e. The van der Waals surface area contributed by atoms with Gasteiger partial charge < -0.3 is 0 Å². The normalized spacial score (nSPS) is 10.5. The fraction of sp³-hybridized carbons (Fsp3) is 0.200. The van der Waals surface area contributed by atoms with Crippen molar-refractivity contribution in [1.29, 1.82) is 0 Å². The van der Waals surface area contributed by atoms with E-state index in [1.54, 1.807) is 0 Å². The molecule has 0 heterocycles. The van der Waals surface area contributed by atoms with Crippen molar-refractivity contribution in [1.82, 2.24) is 0 Å². The lowest BCUT2D eigenvalue weighted by Gasteiger charge is -2.10. The van der Waals surface area contributed by atoms with Crippen LogP contribution in [-0.2, 0) is 0 Å². The summed E-state index contributed by atoms with van der Waals surface area (Å²) in [5, 5.41) is 0. The van der Waals surface area contributed by atoms with E-state index in [1.807, 2.05) is 0 Å². The maximum atomic E-state index is 3.50. The highest BCUT2D eigenvalue weighted by molar-refractivity contribution is 9.10. The van der Waals surface area contributed by atoms with Gasteiger partial charge in [0.15, 0.2) is 0 Å². The maximum absolute atomic E-state index is 3.50. The molecule has 2 rings (SSSR count). The van der Waals surface area contributed by atoms with E-state index in [1.165, 1.54) is 27.8 Å². The predicted octanol–water partition coefficient (Wildman–Crippen LogP) is 5.04. The average molecular weight is 275 g/mol. The van der Waals surface area contributed by atoms with Crippen LogP contribution in [0.1, 0.15) is 16.7 Å². The van der Waals surface area contributed by atoms with Gasteiger partial charge in [-0.25, -0.2) is 0 Å². The Morgan fingerprint density at radius 2 is 1.31 bits per heavy atom. The molecule has 0 aliphatic rings. The molecule has 0 amide bonds. The first-order chi connectivity index (χ1) is 7.58. The van der Waals surface area contributed by atoms with E-state index < -0.39 is 0 Å². The summed E-state index contributed by atoms with van der Waals surface area (Å²) in [4.78, 5) is 0. The van der Waals surface area contributed by atoms with Gasteiger partial charge in [0.1, 0.15) is 0 Å². The summed E-state index contributed by atoms with van der Waals surface area (Å²) in [5.41, 5.74) is 6.61. The van der Waals surface area contributed by atoms with E-state index in [2.05, 4.69) is 73.1 Å². The first-order valence-corrected chi connectivity index (χ1v) is 6.21. The number of benzene rings is 2. The van der Waals surface area contributed by atoms with Crippen molar-refractivity contribution < 1.29 is 0 Å². The van der Waals surface area contributed by atoms with Gasteiger partial charge in [-0.05, 0) is 55.2 Å². The van der Waals surface area contributed by atoms with Crippen LogP contribution in [0.5, 0.6) is 0 Å². The zero-order valence-electron chi connectivity index (χ0n) is 9.84. The largest absolute Gasteiger partial charge is 0.0587 e. The number of hydrogen-bond donors (Lipinski definition) is 0. The molecule has 0 fully saturated rings. The van der Waals surface area contributed by atoms with Crippen LogP contribution in [-0.4, -0.2) is 0 Å². The molecule has 0 spiro atoms. The second-order valence-electron chi connectivity index (χ2n) is 4.28. The van der Waals surface area contributed by atoms with Gasteiger partial charge in [0.25, 0.3) is 0 Å². The smallest absolute Gasteiger partial charge is 0.0178 e. The lowest BCUT2D eigenvalue weighted by molar-refractivity contribution is 1.36. The van der Waals surface area contributed by atoms with E-state index >= 15 is 0 Å². The molecule has 0 nitrogen and oxygen atoms in total. The number of aryl methyl sites for hydroxylation is 3. The van der Waals surface area contributed by atoms with E-state index in [0.29, 0.717) is 0 Å². The van der Waals surface area contributed by atoms with Gasteiger partial charge in [0.05, 0.1) is 0 Å². The molecule has 2 aromatic carbocycles. The fourth-order valence-corrected chi connectivity index (χ4v) is 2.52. The van der Waals surface area contributed by atoms with Crippen LogP contribution < -0.4 is 0 Å². The molecule has 0 radical (unpaired) electrons. The predicted molar refractivity (Wildman–Crippen MR) is 73.8 cm³/mol. The SMILES string of the molecule is Cc1ccc(-c2ccc(Br)cc2C)c(C)c1. The molecular formula is C15H15Br. The molecule has 0 N–H and O–H groups in total. The Labute approximate surface area is 105 Å². The lowest BCUT2D eigenvalue weighted by Crippen LogP contribution is -1.87. The standard InChI is InChI=1S/C15H15Br/c1-10-4-6-14(11(2)8-10)15-7-5-13(16)9-12(15)3/h4-9H,1-3H3. The third-order valence-corrected chi connectivity index (χ3v) is 3.35. The van der Waals surface area contributed by atoms with Gasteiger partial charge in [-0.3, -0.25) is 0 Å². The summed E-state index contributed by atoms with van der Waals surface area (Å²) in [6, 6.07) is 13.1. The van der Waals surface area contributed by atoms with E-state index in [-0.39, 0.29) is 0 Å². The molecule has 2 aromatic rings. The molecule has 82 valence electrons. The van der Waals surface area contributed by atoms with Gasteiger partial charge in [0, 0.05) is 4.47 Å². The monoisotopic (exact) mass is 274 g/mol. The van der Waals surface area contributed by atoms with Crippen molar-refractivity contribution in [2.45, 2.75) is 20.8 Å². The van der Waals surface area contributed by atoms with Crippen molar-refractivity contribution in [3.05, 3.63) is 57.6 Å². The zero-order chi connectivity index (χ0) is 11.7. The van der Waals surface area contributed by atoms with Gasteiger partial charge in [-0.15, -0.1) is 0 Å². The number of rotatable bonds is 1. The molecular weight excluding hydrogens is 260 g/mol. The summed E-state index contributed by atoms with van der Waals surface area (Å²) >= 11 is 3.50. The highest BCUT2D eigenvalue weighted by atomic mass is 79.9. The molecule has 0 saturated heterocycles. The van der Waals surface area contributed by atoms with Gasteiger partial charge in [-0.1, -0.05) is 45.8 Å². The Morgan fingerprint density at radius 3 is 1.88 bits per heavy atom. The van der Waals surface area contributed by atoms with Crippen LogP contribution in [0, 0.1) is 20.8 Å². The van der Waals surface area contributed by atoms with Crippen molar-refractivity contribution in [2.75, 3.05) is 0 Å². The van der Waals surface area contributed by atoms with Gasteiger partial charge >= 0.3 is 0 Å². The van der Waals surface area contributed by atoms with E-state index in [0.717, 1.165) is 4.47 Å². The summed E-state index contributed by atoms with van der Waals surface area (Å²) in [6.45, 7) is 6.45. The molecule has 0 saturated carbocycles. The molecule has 0 aliphatic carbocycles. The topological polar surface area (TPSA) is 0 Å². The molecule has 0 atom stereocenters. The van der Waals surface area contributed by atoms with Crippen LogP contribution >= 0.6 is 15.9 Å². The van der Waals surface area contributed by atoms with E-state index in [4.69, 9.17) is 0 Å². The quantitative estimate of drug-likeness (QED) is 0.683. The summed E-state index contributed by atoms with van der Waals surface area (Å²) in [5.74, 6) is 0. The second-order valence-corrected chi connectivity index (χ2v) is 5.19. The van der Waals surface area contributed by atoms with Crippen molar-refractivity contribution in [3.63, 3.8) is 0 Å². The van der Waals surface area contributed by atoms with Crippen molar-refractivity contribution >= 4 is 15.9 Å². The van der Waals surface area contributed by atoms with Crippen LogP contribution in [0.25, 0.3) is 11.1 Å². The summed E-state index contributed by atoms with van der Waals surface area (Å²) in [7, 11) is 0. The molecule has 0 aromatic heterocycles. The zero-order valence-corrected chi connectivity index (χ0v) is 11.4. The van der Waals surface area contributed by atoms with Crippen molar-refractivity contribution in [3.8, 4) is 11.1 Å².